The molecule has 0 atom stereocenters. The summed E-state index contributed by atoms with van der Waals surface area (Å²) in [6.07, 6.45) is 1.34. The minimum absolute atomic E-state index is 0.142. The maximum Gasteiger partial charge on any atom is 0.257 e. The average Bonchev–Trinajstić information content (AvgIpc) is 2.50. The minimum Gasteiger partial charge on any atom is -0.355 e. The van der Waals surface area contributed by atoms with E-state index in [0.717, 1.165) is 0 Å². The van der Waals surface area contributed by atoms with Crippen LogP contribution in [0.25, 0.3) is 0 Å². The van der Waals surface area contributed by atoms with Gasteiger partial charge in [0.25, 0.3) is 11.8 Å². The number of hydrogen-bond donors (Lipinski definition) is 2. The van der Waals surface area contributed by atoms with Crippen LogP contribution >= 0.6 is 23.2 Å². The first-order valence-electron chi connectivity index (χ1n) is 5.96. The summed E-state index contributed by atoms with van der Waals surface area (Å²) in [6.45, 7) is 0. The van der Waals surface area contributed by atoms with Crippen LogP contribution in [0.15, 0.2) is 36.5 Å². The van der Waals surface area contributed by atoms with Gasteiger partial charge >= 0.3 is 0 Å². The van der Waals surface area contributed by atoms with Gasteiger partial charge in [-0.05, 0) is 30.3 Å². The smallest absolute Gasteiger partial charge is 0.257 e. The van der Waals surface area contributed by atoms with Crippen molar-refractivity contribution in [2.24, 2.45) is 0 Å². The van der Waals surface area contributed by atoms with Crippen LogP contribution in [-0.2, 0) is 0 Å². The molecule has 0 aliphatic rings. The summed E-state index contributed by atoms with van der Waals surface area (Å²) in [6, 6.07) is 7.93. The second-order valence-electron chi connectivity index (χ2n) is 4.11. The number of rotatable bonds is 3. The number of aromatic nitrogens is 1. The zero-order chi connectivity index (χ0) is 15.4. The van der Waals surface area contributed by atoms with Crippen molar-refractivity contribution in [3.8, 4) is 0 Å². The molecule has 7 heteroatoms. The highest BCUT2D eigenvalue weighted by Gasteiger charge is 2.10. The number of carbonyl (C=O) groups is 2. The van der Waals surface area contributed by atoms with Crippen LogP contribution in [0.5, 0.6) is 0 Å². The van der Waals surface area contributed by atoms with E-state index >= 15 is 0 Å². The minimum atomic E-state index is -0.367. The number of nitrogens with one attached hydrogen (secondary N) is 2. The largest absolute Gasteiger partial charge is 0.355 e. The number of hydrogen-bond acceptors (Lipinski definition) is 3. The van der Waals surface area contributed by atoms with Crippen LogP contribution in [0.3, 0.4) is 0 Å². The maximum absolute atomic E-state index is 12.0. The Hall–Kier alpha value is -2.11. The Balaban J connectivity index is 2.12. The third kappa shape index (κ3) is 3.71. The Kier molecular flexibility index (Phi) is 4.77. The second-order valence-corrected chi connectivity index (χ2v) is 4.87. The molecular formula is C14H11Cl2N3O2. The van der Waals surface area contributed by atoms with Gasteiger partial charge in [-0.25, -0.2) is 4.98 Å². The van der Waals surface area contributed by atoms with Crippen molar-refractivity contribution in [3.63, 3.8) is 0 Å². The Morgan fingerprint density at radius 1 is 1.05 bits per heavy atom. The summed E-state index contributed by atoms with van der Waals surface area (Å²) >= 11 is 11.5. The number of anilines is 1. The van der Waals surface area contributed by atoms with Gasteiger partial charge < -0.3 is 10.6 Å². The van der Waals surface area contributed by atoms with Gasteiger partial charge in [-0.15, -0.1) is 0 Å². The summed E-state index contributed by atoms with van der Waals surface area (Å²) in [5.41, 5.74) is 1.35. The predicted molar refractivity (Wildman–Crippen MR) is 82.0 cm³/mol. The summed E-state index contributed by atoms with van der Waals surface area (Å²) in [7, 11) is 1.55. The lowest BCUT2D eigenvalue weighted by molar-refractivity contribution is 0.0962. The van der Waals surface area contributed by atoms with Crippen molar-refractivity contribution in [1.29, 1.82) is 0 Å². The summed E-state index contributed by atoms with van der Waals surface area (Å²) in [5.74, 6) is -0.560. The first kappa shape index (κ1) is 15.3. The topological polar surface area (TPSA) is 71.1 Å². The zero-order valence-electron chi connectivity index (χ0n) is 11.0. The van der Waals surface area contributed by atoms with E-state index < -0.39 is 0 Å². The fourth-order valence-electron chi connectivity index (χ4n) is 1.60. The summed E-state index contributed by atoms with van der Waals surface area (Å²) < 4.78 is 0. The third-order valence-corrected chi connectivity index (χ3v) is 3.38. The fraction of sp³-hybridized carbons (Fsp3) is 0.0714. The zero-order valence-corrected chi connectivity index (χ0v) is 12.5. The highest BCUT2D eigenvalue weighted by atomic mass is 35.5. The number of pyridine rings is 1. The molecule has 21 heavy (non-hydrogen) atoms. The van der Waals surface area contributed by atoms with E-state index in [2.05, 4.69) is 15.6 Å². The molecule has 0 saturated heterocycles. The normalized spacial score (nSPS) is 10.0. The monoisotopic (exact) mass is 323 g/mol. The summed E-state index contributed by atoms with van der Waals surface area (Å²) in [4.78, 5) is 27.2. The predicted octanol–water partition coefficient (Wildman–Crippen LogP) is 3.00. The summed E-state index contributed by atoms with van der Waals surface area (Å²) in [5, 5.41) is 5.54. The Morgan fingerprint density at radius 2 is 1.71 bits per heavy atom. The van der Waals surface area contributed by atoms with Crippen molar-refractivity contribution in [2.75, 3.05) is 12.4 Å². The van der Waals surface area contributed by atoms with E-state index in [4.69, 9.17) is 23.2 Å². The van der Waals surface area contributed by atoms with Crippen molar-refractivity contribution in [1.82, 2.24) is 10.3 Å². The van der Waals surface area contributed by atoms with Crippen LogP contribution < -0.4 is 10.6 Å². The second kappa shape index (κ2) is 6.56. The standard InChI is InChI=1S/C14H11Cl2N3O2/c1-17-13(20)8-2-4-10(5-3-8)19-14(21)9-6-11(15)12(16)18-7-9/h2-7H,1H3,(H,17,20)(H,19,21). The van der Waals surface area contributed by atoms with Gasteiger partial charge in [0.15, 0.2) is 0 Å². The molecule has 0 radical (unpaired) electrons. The molecule has 0 aliphatic heterocycles. The first-order valence-corrected chi connectivity index (χ1v) is 6.71. The molecule has 0 bridgehead atoms. The molecule has 0 saturated carbocycles. The van der Waals surface area contributed by atoms with Crippen LogP contribution in [0.2, 0.25) is 10.2 Å². The van der Waals surface area contributed by atoms with E-state index in [1.165, 1.54) is 12.3 Å². The highest BCUT2D eigenvalue weighted by Crippen LogP contribution is 2.20. The Bertz CT molecular complexity index is 687. The maximum atomic E-state index is 12.0. The van der Waals surface area contributed by atoms with Crippen LogP contribution in [0.1, 0.15) is 20.7 Å². The van der Waals surface area contributed by atoms with E-state index in [1.54, 1.807) is 31.3 Å². The van der Waals surface area contributed by atoms with Gasteiger partial charge in [-0.2, -0.15) is 0 Å². The van der Waals surface area contributed by atoms with E-state index in [9.17, 15) is 9.59 Å². The lowest BCUT2D eigenvalue weighted by Gasteiger charge is -2.06. The molecule has 108 valence electrons. The van der Waals surface area contributed by atoms with E-state index in [0.29, 0.717) is 16.8 Å². The van der Waals surface area contributed by atoms with Gasteiger partial charge in [-0.1, -0.05) is 23.2 Å². The van der Waals surface area contributed by atoms with Gasteiger partial charge in [-0.3, -0.25) is 9.59 Å². The Morgan fingerprint density at radius 3 is 2.29 bits per heavy atom. The van der Waals surface area contributed by atoms with Gasteiger partial charge in [0, 0.05) is 24.5 Å². The van der Waals surface area contributed by atoms with Gasteiger partial charge in [0.05, 0.1) is 10.6 Å². The number of amides is 2. The Labute approximate surface area is 131 Å². The molecule has 2 aromatic rings. The molecule has 0 unspecified atom stereocenters. The molecule has 2 N–H and O–H groups in total. The van der Waals surface area contributed by atoms with Crippen LogP contribution in [-0.4, -0.2) is 23.8 Å². The SMILES string of the molecule is CNC(=O)c1ccc(NC(=O)c2cnc(Cl)c(Cl)c2)cc1. The molecular weight excluding hydrogens is 313 g/mol. The molecule has 0 spiro atoms. The first-order chi connectivity index (χ1) is 10.0. The molecule has 0 fully saturated rings. The number of carbonyl (C=O) groups excluding carboxylic acids is 2. The lowest BCUT2D eigenvalue weighted by Crippen LogP contribution is -2.18. The molecule has 1 heterocycles. The molecule has 1 aromatic carbocycles. The lowest BCUT2D eigenvalue weighted by atomic mass is 10.2. The van der Waals surface area contributed by atoms with Gasteiger partial charge in [0.2, 0.25) is 0 Å². The van der Waals surface area contributed by atoms with Crippen LogP contribution in [0.4, 0.5) is 5.69 Å². The van der Waals surface area contributed by atoms with Gasteiger partial charge in [0.1, 0.15) is 5.15 Å². The van der Waals surface area contributed by atoms with Crippen molar-refractivity contribution < 1.29 is 9.59 Å². The number of benzene rings is 1. The highest BCUT2D eigenvalue weighted by molar-refractivity contribution is 6.41. The van der Waals surface area contributed by atoms with Crippen molar-refractivity contribution in [3.05, 3.63) is 57.8 Å². The average molecular weight is 324 g/mol. The number of halogens is 2. The van der Waals surface area contributed by atoms with Crippen molar-refractivity contribution >= 4 is 40.7 Å². The third-order valence-electron chi connectivity index (χ3n) is 2.69. The molecule has 0 aliphatic carbocycles. The molecule has 2 rings (SSSR count). The van der Waals surface area contributed by atoms with Crippen LogP contribution in [0, 0.1) is 0 Å². The fourth-order valence-corrected chi connectivity index (χ4v) is 1.87. The van der Waals surface area contributed by atoms with E-state index in [-0.39, 0.29) is 22.0 Å². The molecule has 2 amide bonds. The number of nitrogens with zero attached hydrogens (tertiary/aromatic N) is 1. The molecule has 1 aromatic heterocycles. The van der Waals surface area contributed by atoms with E-state index in [1.807, 2.05) is 0 Å². The quantitative estimate of drug-likeness (QED) is 0.853. The van der Waals surface area contributed by atoms with Crippen molar-refractivity contribution in [2.45, 2.75) is 0 Å². The molecule has 5 nitrogen and oxygen atoms in total.